The Bertz CT molecular complexity index is 687. The van der Waals surface area contributed by atoms with Crippen LogP contribution in [0.3, 0.4) is 0 Å². The van der Waals surface area contributed by atoms with Crippen LogP contribution in [0.4, 0.5) is 4.39 Å². The van der Waals surface area contributed by atoms with E-state index in [4.69, 9.17) is 11.0 Å². The Morgan fingerprint density at radius 2 is 1.96 bits per heavy atom. The Hall–Kier alpha value is -2.95. The molecule has 3 amide bonds. The molecule has 0 fully saturated rings. The van der Waals surface area contributed by atoms with Crippen molar-refractivity contribution in [3.05, 3.63) is 35.6 Å². The largest absolute Gasteiger partial charge is 0.368 e. The minimum atomic E-state index is -1.04. The van der Waals surface area contributed by atoms with Crippen molar-refractivity contribution < 1.29 is 18.8 Å². The highest BCUT2D eigenvalue weighted by Gasteiger charge is 2.26. The quantitative estimate of drug-likeness (QED) is 0.628. The number of benzene rings is 1. The third-order valence-electron chi connectivity index (χ3n) is 3.49. The van der Waals surface area contributed by atoms with Crippen molar-refractivity contribution in [2.24, 2.45) is 11.7 Å². The normalized spacial score (nSPS) is 13.8. The SMILES string of the molecule is CC(=O)N[C@@H](Cc1cccc(F)c1)C(=O)N[C@H](C[C@H](C)C#N)C(N)=O. The minimum Gasteiger partial charge on any atom is -0.368 e. The van der Waals surface area contributed by atoms with Crippen molar-refractivity contribution in [3.63, 3.8) is 0 Å². The van der Waals surface area contributed by atoms with Gasteiger partial charge in [-0.05, 0) is 31.0 Å². The first kappa shape index (κ1) is 20.1. The summed E-state index contributed by atoms with van der Waals surface area (Å²) in [5.41, 5.74) is 5.77. The molecule has 1 aromatic rings. The summed E-state index contributed by atoms with van der Waals surface area (Å²) >= 11 is 0. The zero-order valence-corrected chi connectivity index (χ0v) is 14.1. The molecule has 25 heavy (non-hydrogen) atoms. The Balaban J connectivity index is 2.89. The highest BCUT2D eigenvalue weighted by atomic mass is 19.1. The number of halogens is 1. The second-order valence-corrected chi connectivity index (χ2v) is 5.82. The second kappa shape index (κ2) is 9.37. The summed E-state index contributed by atoms with van der Waals surface area (Å²) in [4.78, 5) is 35.3. The predicted molar refractivity (Wildman–Crippen MR) is 88.2 cm³/mol. The van der Waals surface area contributed by atoms with E-state index in [2.05, 4.69) is 10.6 Å². The highest BCUT2D eigenvalue weighted by Crippen LogP contribution is 2.09. The Labute approximate surface area is 145 Å². The Kier molecular flexibility index (Phi) is 7.53. The molecule has 8 heteroatoms. The molecule has 134 valence electrons. The van der Waals surface area contributed by atoms with Crippen LogP contribution in [-0.4, -0.2) is 29.8 Å². The fraction of sp³-hybridized carbons (Fsp3) is 0.412. The summed E-state index contributed by atoms with van der Waals surface area (Å²) < 4.78 is 13.3. The number of carbonyl (C=O) groups excluding carboxylic acids is 3. The Morgan fingerprint density at radius 3 is 2.48 bits per heavy atom. The molecule has 0 aliphatic rings. The molecule has 0 spiro atoms. The number of nitriles is 1. The van der Waals surface area contributed by atoms with Crippen LogP contribution < -0.4 is 16.4 Å². The molecule has 0 unspecified atom stereocenters. The summed E-state index contributed by atoms with van der Waals surface area (Å²) in [6.07, 6.45) is 0.104. The van der Waals surface area contributed by atoms with Crippen LogP contribution in [0.2, 0.25) is 0 Å². The molecule has 0 radical (unpaired) electrons. The third kappa shape index (κ3) is 6.99. The van der Waals surface area contributed by atoms with Gasteiger partial charge >= 0.3 is 0 Å². The zero-order chi connectivity index (χ0) is 19.0. The van der Waals surface area contributed by atoms with Crippen molar-refractivity contribution >= 4 is 17.7 Å². The molecule has 0 saturated heterocycles. The predicted octanol–water partition coefficient (Wildman–Crippen LogP) is 0.393. The number of hydrogen-bond donors (Lipinski definition) is 3. The van der Waals surface area contributed by atoms with Gasteiger partial charge in [-0.25, -0.2) is 4.39 Å². The number of carbonyl (C=O) groups is 3. The van der Waals surface area contributed by atoms with Crippen LogP contribution >= 0.6 is 0 Å². The standard InChI is InChI=1S/C17H21FN4O3/c1-10(9-19)6-14(16(20)24)22-17(25)15(21-11(2)23)8-12-4-3-5-13(18)7-12/h3-5,7,10,14-15H,6,8H2,1-2H3,(H2,20,24)(H,21,23)(H,22,25)/t10-,14+,15-/m0/s1. The van der Waals surface area contributed by atoms with E-state index in [1.54, 1.807) is 13.0 Å². The molecular weight excluding hydrogens is 327 g/mol. The smallest absolute Gasteiger partial charge is 0.243 e. The van der Waals surface area contributed by atoms with E-state index in [1.165, 1.54) is 25.1 Å². The lowest BCUT2D eigenvalue weighted by Crippen LogP contribution is -2.53. The molecule has 1 aromatic carbocycles. The minimum absolute atomic E-state index is 0.0441. The first-order chi connectivity index (χ1) is 11.7. The molecule has 0 heterocycles. The molecule has 4 N–H and O–H groups in total. The van der Waals surface area contributed by atoms with Gasteiger partial charge in [0.25, 0.3) is 0 Å². The molecule has 0 bridgehead atoms. The molecule has 0 aliphatic heterocycles. The van der Waals surface area contributed by atoms with Crippen molar-refractivity contribution in [2.45, 2.75) is 38.8 Å². The van der Waals surface area contributed by atoms with E-state index in [0.29, 0.717) is 5.56 Å². The van der Waals surface area contributed by atoms with Crippen molar-refractivity contribution in [1.82, 2.24) is 10.6 Å². The summed E-state index contributed by atoms with van der Waals surface area (Å²) in [5.74, 6) is -2.80. The van der Waals surface area contributed by atoms with Gasteiger partial charge in [0.05, 0.1) is 6.07 Å². The third-order valence-corrected chi connectivity index (χ3v) is 3.49. The summed E-state index contributed by atoms with van der Waals surface area (Å²) in [6.45, 7) is 2.84. The van der Waals surface area contributed by atoms with E-state index < -0.39 is 41.5 Å². The van der Waals surface area contributed by atoms with Crippen LogP contribution in [0.1, 0.15) is 25.8 Å². The van der Waals surface area contributed by atoms with Crippen LogP contribution in [0.15, 0.2) is 24.3 Å². The van der Waals surface area contributed by atoms with Crippen LogP contribution in [0.5, 0.6) is 0 Å². The number of nitrogens with one attached hydrogen (secondary N) is 2. The lowest BCUT2D eigenvalue weighted by molar-refractivity contribution is -0.131. The number of nitrogens with two attached hydrogens (primary N) is 1. The Morgan fingerprint density at radius 1 is 1.28 bits per heavy atom. The van der Waals surface area contributed by atoms with E-state index in [-0.39, 0.29) is 12.8 Å². The molecular formula is C17H21FN4O3. The molecule has 7 nitrogen and oxygen atoms in total. The van der Waals surface area contributed by atoms with Gasteiger partial charge in [-0.15, -0.1) is 0 Å². The summed E-state index contributed by atoms with van der Waals surface area (Å²) in [7, 11) is 0. The summed E-state index contributed by atoms with van der Waals surface area (Å²) in [6, 6.07) is 5.56. The second-order valence-electron chi connectivity index (χ2n) is 5.82. The first-order valence-electron chi connectivity index (χ1n) is 7.73. The lowest BCUT2D eigenvalue weighted by Gasteiger charge is -2.22. The molecule has 3 atom stereocenters. The maximum atomic E-state index is 13.3. The van der Waals surface area contributed by atoms with Crippen molar-refractivity contribution in [1.29, 1.82) is 5.26 Å². The van der Waals surface area contributed by atoms with Gasteiger partial charge in [0.1, 0.15) is 17.9 Å². The van der Waals surface area contributed by atoms with Gasteiger partial charge in [0, 0.05) is 19.3 Å². The maximum absolute atomic E-state index is 13.3. The number of rotatable bonds is 8. The average molecular weight is 348 g/mol. The van der Waals surface area contributed by atoms with Gasteiger partial charge in [0.15, 0.2) is 0 Å². The molecule has 1 rings (SSSR count). The van der Waals surface area contributed by atoms with Gasteiger partial charge in [-0.2, -0.15) is 5.26 Å². The fourth-order valence-electron chi connectivity index (χ4n) is 2.28. The molecule has 0 saturated carbocycles. The number of nitrogens with zero attached hydrogens (tertiary/aromatic N) is 1. The number of primary amides is 1. The first-order valence-corrected chi connectivity index (χ1v) is 7.73. The van der Waals surface area contributed by atoms with Crippen LogP contribution in [0.25, 0.3) is 0 Å². The van der Waals surface area contributed by atoms with Gasteiger partial charge in [-0.1, -0.05) is 12.1 Å². The van der Waals surface area contributed by atoms with Crippen molar-refractivity contribution in [3.8, 4) is 6.07 Å². The highest BCUT2D eigenvalue weighted by molar-refractivity contribution is 5.91. The van der Waals surface area contributed by atoms with Gasteiger partial charge < -0.3 is 16.4 Å². The van der Waals surface area contributed by atoms with E-state index in [9.17, 15) is 18.8 Å². The van der Waals surface area contributed by atoms with Crippen LogP contribution in [0, 0.1) is 23.1 Å². The monoisotopic (exact) mass is 348 g/mol. The van der Waals surface area contributed by atoms with Gasteiger partial charge in [0.2, 0.25) is 17.7 Å². The number of amides is 3. The van der Waals surface area contributed by atoms with Crippen LogP contribution in [-0.2, 0) is 20.8 Å². The number of hydrogen-bond acceptors (Lipinski definition) is 4. The van der Waals surface area contributed by atoms with E-state index in [0.717, 1.165) is 0 Å². The van der Waals surface area contributed by atoms with Gasteiger partial charge in [-0.3, -0.25) is 14.4 Å². The van der Waals surface area contributed by atoms with Crippen molar-refractivity contribution in [2.75, 3.05) is 0 Å². The molecule has 0 aliphatic carbocycles. The summed E-state index contributed by atoms with van der Waals surface area (Å²) in [5, 5.41) is 13.8. The topological polar surface area (TPSA) is 125 Å². The van der Waals surface area contributed by atoms with E-state index in [1.807, 2.05) is 6.07 Å². The zero-order valence-electron chi connectivity index (χ0n) is 14.1. The molecule has 0 aromatic heterocycles. The average Bonchev–Trinajstić information content (AvgIpc) is 2.52. The fourth-order valence-corrected chi connectivity index (χ4v) is 2.28. The van der Waals surface area contributed by atoms with E-state index >= 15 is 0 Å². The maximum Gasteiger partial charge on any atom is 0.243 e. The lowest BCUT2D eigenvalue weighted by atomic mass is 10.0.